The largest absolute Gasteiger partial charge is 0.444 e. The number of benzene rings is 2. The Labute approximate surface area is 247 Å². The zero-order valence-electron chi connectivity index (χ0n) is 24.2. The van der Waals surface area contributed by atoms with Gasteiger partial charge in [-0.3, -0.25) is 4.79 Å². The predicted molar refractivity (Wildman–Crippen MR) is 153 cm³/mol. The van der Waals surface area contributed by atoms with Gasteiger partial charge in [-0.05, 0) is 69.2 Å². The van der Waals surface area contributed by atoms with Crippen LogP contribution in [0.1, 0.15) is 74.3 Å². The number of alkyl halides is 3. The van der Waals surface area contributed by atoms with Crippen LogP contribution in [-0.4, -0.2) is 45.6 Å². The quantitative estimate of drug-likeness (QED) is 0.278. The van der Waals surface area contributed by atoms with E-state index in [1.165, 1.54) is 6.07 Å². The van der Waals surface area contributed by atoms with E-state index in [1.807, 2.05) is 0 Å². The lowest BCUT2D eigenvalue weighted by Crippen LogP contribution is -2.41. The van der Waals surface area contributed by atoms with Crippen LogP contribution in [0.25, 0.3) is 0 Å². The summed E-state index contributed by atoms with van der Waals surface area (Å²) in [5.74, 6) is -2.52. The fraction of sp³-hybridized carbons (Fsp3) is 0.419. The predicted octanol–water partition coefficient (Wildman–Crippen LogP) is 6.69. The van der Waals surface area contributed by atoms with Crippen molar-refractivity contribution in [1.29, 1.82) is 0 Å². The number of amides is 2. The maximum atomic E-state index is 15.2. The van der Waals surface area contributed by atoms with Crippen LogP contribution in [0.2, 0.25) is 0 Å². The molecule has 3 aromatic rings. The van der Waals surface area contributed by atoms with Crippen molar-refractivity contribution in [3.05, 3.63) is 82.9 Å². The Kier molecular flexibility index (Phi) is 9.56. The molecule has 2 amide bonds. The molecular formula is C31H35F4N5O3. The molecular weight excluding hydrogens is 566 g/mol. The summed E-state index contributed by atoms with van der Waals surface area (Å²) in [6.45, 7) is 6.24. The van der Waals surface area contributed by atoms with Gasteiger partial charge in [0.25, 0.3) is 0 Å². The topological polar surface area (TPSA) is 110 Å². The average molecular weight is 602 g/mol. The first-order chi connectivity index (χ1) is 20.2. The molecule has 0 aliphatic carbocycles. The smallest absolute Gasteiger partial charge is 0.419 e. The molecule has 4 rings (SSSR count). The van der Waals surface area contributed by atoms with Gasteiger partial charge >= 0.3 is 12.3 Å². The minimum Gasteiger partial charge on any atom is -0.444 e. The minimum atomic E-state index is -4.77. The van der Waals surface area contributed by atoms with Crippen molar-refractivity contribution < 1.29 is 31.9 Å². The lowest BCUT2D eigenvalue weighted by molar-refractivity contribution is -0.139. The van der Waals surface area contributed by atoms with Crippen LogP contribution < -0.4 is 11.1 Å². The van der Waals surface area contributed by atoms with Gasteiger partial charge < -0.3 is 20.7 Å². The molecule has 0 bridgehead atoms. The summed E-state index contributed by atoms with van der Waals surface area (Å²) in [5.41, 5.74) is 4.78. The van der Waals surface area contributed by atoms with E-state index in [2.05, 4.69) is 15.3 Å². The second-order valence-electron chi connectivity index (χ2n) is 11.7. The van der Waals surface area contributed by atoms with Crippen molar-refractivity contribution in [3.63, 3.8) is 0 Å². The molecule has 1 aromatic heterocycles. The summed E-state index contributed by atoms with van der Waals surface area (Å²) in [4.78, 5) is 33.8. The highest BCUT2D eigenvalue weighted by Gasteiger charge is 2.38. The average Bonchev–Trinajstić information content (AvgIpc) is 2.92. The fourth-order valence-electron chi connectivity index (χ4n) is 5.16. The maximum absolute atomic E-state index is 15.2. The van der Waals surface area contributed by atoms with Crippen molar-refractivity contribution in [2.75, 3.05) is 18.4 Å². The summed E-state index contributed by atoms with van der Waals surface area (Å²) in [6.07, 6.45) is -3.67. The lowest BCUT2D eigenvalue weighted by atomic mass is 9.89. The van der Waals surface area contributed by atoms with Gasteiger partial charge in [0.2, 0.25) is 11.9 Å². The third-order valence-corrected chi connectivity index (χ3v) is 7.13. The molecule has 1 aliphatic heterocycles. The van der Waals surface area contributed by atoms with Crippen LogP contribution in [0.4, 0.5) is 34.0 Å². The first kappa shape index (κ1) is 31.7. The monoisotopic (exact) mass is 601 g/mol. The summed E-state index contributed by atoms with van der Waals surface area (Å²) < 4.78 is 62.6. The van der Waals surface area contributed by atoms with Gasteiger partial charge in [-0.15, -0.1) is 0 Å². The standard InChI is InChI=1S/C31H35F4N5O3/c1-30(2,3)43-29(42)40-13-11-20(12-14-40)23-10-9-22(17-25(23)32)38-28-37-18-24(31(33,34)35)27(39-28)21(16-26(36)41)15-19-7-5-4-6-8-19/h4-10,17-18,20-21H,11-16H2,1-3H3,(H2,36,41)(H,37,38,39). The van der Waals surface area contributed by atoms with Crippen LogP contribution in [0.3, 0.4) is 0 Å². The fourth-order valence-corrected chi connectivity index (χ4v) is 5.16. The number of nitrogens with zero attached hydrogens (tertiary/aromatic N) is 3. The zero-order valence-corrected chi connectivity index (χ0v) is 24.2. The third kappa shape index (κ3) is 8.65. The normalized spacial score (nSPS) is 15.2. The molecule has 0 spiro atoms. The molecule has 0 radical (unpaired) electrons. The molecule has 2 heterocycles. The molecule has 1 saturated heterocycles. The number of carbonyl (C=O) groups excluding carboxylic acids is 2. The van der Waals surface area contributed by atoms with Crippen molar-refractivity contribution in [1.82, 2.24) is 14.9 Å². The number of anilines is 2. The van der Waals surface area contributed by atoms with E-state index in [0.29, 0.717) is 43.3 Å². The van der Waals surface area contributed by atoms with Crippen LogP contribution >= 0.6 is 0 Å². The van der Waals surface area contributed by atoms with E-state index in [-0.39, 0.29) is 36.1 Å². The number of ether oxygens (including phenoxy) is 1. The van der Waals surface area contributed by atoms with Crippen LogP contribution in [0, 0.1) is 5.82 Å². The van der Waals surface area contributed by atoms with E-state index in [0.717, 1.165) is 0 Å². The van der Waals surface area contributed by atoms with Gasteiger partial charge in [0.15, 0.2) is 0 Å². The molecule has 1 atom stereocenters. The van der Waals surface area contributed by atoms with Gasteiger partial charge in [-0.2, -0.15) is 13.2 Å². The Bertz CT molecular complexity index is 1440. The van der Waals surface area contributed by atoms with E-state index < -0.39 is 41.1 Å². The summed E-state index contributed by atoms with van der Waals surface area (Å²) in [7, 11) is 0. The summed E-state index contributed by atoms with van der Waals surface area (Å²) in [5, 5.41) is 2.79. The number of likely N-dealkylation sites (tertiary alicyclic amines) is 1. The molecule has 8 nitrogen and oxygen atoms in total. The van der Waals surface area contributed by atoms with Gasteiger partial charge in [-0.25, -0.2) is 19.2 Å². The first-order valence-electron chi connectivity index (χ1n) is 14.0. The second kappa shape index (κ2) is 13.0. The van der Waals surface area contributed by atoms with Gasteiger partial charge in [0.05, 0.1) is 11.3 Å². The summed E-state index contributed by atoms with van der Waals surface area (Å²) >= 11 is 0. The minimum absolute atomic E-state index is 0.0966. The lowest BCUT2D eigenvalue weighted by Gasteiger charge is -2.33. The van der Waals surface area contributed by atoms with Crippen molar-refractivity contribution in [2.24, 2.45) is 5.73 Å². The number of nitrogens with two attached hydrogens (primary N) is 1. The molecule has 1 fully saturated rings. The Balaban J connectivity index is 1.53. The number of rotatable bonds is 8. The highest BCUT2D eigenvalue weighted by molar-refractivity contribution is 5.75. The number of aromatic nitrogens is 2. The third-order valence-electron chi connectivity index (χ3n) is 7.13. The van der Waals surface area contributed by atoms with Crippen molar-refractivity contribution in [2.45, 2.75) is 70.1 Å². The van der Waals surface area contributed by atoms with Gasteiger partial charge in [-0.1, -0.05) is 36.4 Å². The maximum Gasteiger partial charge on any atom is 0.419 e. The molecule has 12 heteroatoms. The molecule has 3 N–H and O–H groups in total. The molecule has 43 heavy (non-hydrogen) atoms. The highest BCUT2D eigenvalue weighted by atomic mass is 19.4. The number of primary amides is 1. The Morgan fingerprint density at radius 2 is 1.77 bits per heavy atom. The Morgan fingerprint density at radius 3 is 2.35 bits per heavy atom. The number of hydrogen-bond acceptors (Lipinski definition) is 6. The number of halogens is 4. The van der Waals surface area contributed by atoms with Gasteiger partial charge in [0, 0.05) is 37.3 Å². The number of carbonyl (C=O) groups is 2. The number of piperidine rings is 1. The van der Waals surface area contributed by atoms with Crippen molar-refractivity contribution in [3.8, 4) is 0 Å². The molecule has 2 aromatic carbocycles. The first-order valence-corrected chi connectivity index (χ1v) is 14.0. The van der Waals surface area contributed by atoms with Crippen LogP contribution in [-0.2, 0) is 22.1 Å². The van der Waals surface area contributed by atoms with E-state index in [1.54, 1.807) is 68.1 Å². The van der Waals surface area contributed by atoms with Crippen LogP contribution in [0.5, 0.6) is 0 Å². The van der Waals surface area contributed by atoms with E-state index >= 15 is 4.39 Å². The van der Waals surface area contributed by atoms with E-state index in [4.69, 9.17) is 10.5 Å². The number of hydrogen-bond donors (Lipinski definition) is 2. The second-order valence-corrected chi connectivity index (χ2v) is 11.7. The van der Waals surface area contributed by atoms with E-state index in [9.17, 15) is 22.8 Å². The highest BCUT2D eigenvalue weighted by Crippen LogP contribution is 2.37. The van der Waals surface area contributed by atoms with Crippen molar-refractivity contribution >= 4 is 23.6 Å². The van der Waals surface area contributed by atoms with Gasteiger partial charge in [0.1, 0.15) is 11.4 Å². The Hall–Kier alpha value is -4.22. The van der Waals surface area contributed by atoms with Crippen LogP contribution in [0.15, 0.2) is 54.7 Å². The summed E-state index contributed by atoms with van der Waals surface area (Å²) in [6, 6.07) is 13.2. The Morgan fingerprint density at radius 1 is 1.09 bits per heavy atom. The number of nitrogens with one attached hydrogen (secondary N) is 1. The molecule has 1 unspecified atom stereocenters. The molecule has 230 valence electrons. The molecule has 0 saturated carbocycles. The SMILES string of the molecule is CC(C)(C)OC(=O)N1CCC(c2ccc(Nc3ncc(C(F)(F)F)c(C(CC(N)=O)Cc4ccccc4)n3)cc2F)CC1. The molecule has 1 aliphatic rings. The zero-order chi connectivity index (χ0) is 31.4.